The molecule has 1 fully saturated rings. The summed E-state index contributed by atoms with van der Waals surface area (Å²) in [5.74, 6) is 0. The molecule has 0 bridgehead atoms. The lowest BCUT2D eigenvalue weighted by atomic mass is 10.0. The molecular formula is C13H17N3O2. The molecular weight excluding hydrogens is 230 g/mol. The molecule has 5 heteroatoms. The summed E-state index contributed by atoms with van der Waals surface area (Å²) in [6.45, 7) is 2.98. The highest BCUT2D eigenvalue weighted by Crippen LogP contribution is 2.49. The van der Waals surface area contributed by atoms with Gasteiger partial charge in [-0.2, -0.15) is 5.26 Å². The number of rotatable bonds is 5. The molecule has 1 aromatic heterocycles. The molecule has 0 amide bonds. The van der Waals surface area contributed by atoms with Crippen molar-refractivity contribution < 1.29 is 0 Å². The number of aryl methyl sites for hydroxylation is 1. The molecule has 0 unspecified atom stereocenters. The molecule has 18 heavy (non-hydrogen) atoms. The summed E-state index contributed by atoms with van der Waals surface area (Å²) < 4.78 is 2.84. The molecule has 0 aliphatic heterocycles. The highest BCUT2D eigenvalue weighted by Gasteiger charge is 2.43. The molecule has 1 aliphatic carbocycles. The number of hydrogen-bond acceptors (Lipinski definition) is 3. The van der Waals surface area contributed by atoms with Gasteiger partial charge in [0.05, 0.1) is 6.07 Å². The monoisotopic (exact) mass is 247 g/mol. The zero-order valence-corrected chi connectivity index (χ0v) is 10.6. The molecule has 0 aromatic carbocycles. The summed E-state index contributed by atoms with van der Waals surface area (Å²) >= 11 is 0. The summed E-state index contributed by atoms with van der Waals surface area (Å²) in [5, 5.41) is 8.78. The maximum Gasteiger partial charge on any atom is 0.330 e. The van der Waals surface area contributed by atoms with Crippen LogP contribution in [0.3, 0.4) is 0 Å². The Kier molecular flexibility index (Phi) is 3.37. The molecule has 5 nitrogen and oxygen atoms in total. The largest absolute Gasteiger partial charge is 0.330 e. The topological polar surface area (TPSA) is 67.8 Å². The van der Waals surface area contributed by atoms with Crippen molar-refractivity contribution in [1.82, 2.24) is 9.13 Å². The van der Waals surface area contributed by atoms with Gasteiger partial charge in [0.2, 0.25) is 0 Å². The van der Waals surface area contributed by atoms with Crippen LogP contribution in [0, 0.1) is 16.7 Å². The lowest BCUT2D eigenvalue weighted by Crippen LogP contribution is -2.40. The van der Waals surface area contributed by atoms with Crippen LogP contribution in [0.4, 0.5) is 0 Å². The molecule has 0 radical (unpaired) electrons. The van der Waals surface area contributed by atoms with Crippen molar-refractivity contribution in [2.45, 2.75) is 45.7 Å². The summed E-state index contributed by atoms with van der Waals surface area (Å²) in [6, 6.07) is 3.58. The van der Waals surface area contributed by atoms with Crippen molar-refractivity contribution in [1.29, 1.82) is 5.26 Å². The maximum atomic E-state index is 12.1. The van der Waals surface area contributed by atoms with Gasteiger partial charge in [0.15, 0.2) is 0 Å². The SMILES string of the molecule is CCCn1ccc(=O)n(CC2(CC#N)CC2)c1=O. The van der Waals surface area contributed by atoms with Crippen LogP contribution in [0.5, 0.6) is 0 Å². The molecule has 0 atom stereocenters. The summed E-state index contributed by atoms with van der Waals surface area (Å²) in [6.07, 6.45) is 4.67. The molecule has 1 aliphatic rings. The molecule has 1 saturated carbocycles. The third-order valence-electron chi connectivity index (χ3n) is 3.51. The second kappa shape index (κ2) is 4.81. The highest BCUT2D eigenvalue weighted by atomic mass is 16.2. The second-order valence-electron chi connectivity index (χ2n) is 5.05. The van der Waals surface area contributed by atoms with Crippen LogP contribution in [-0.4, -0.2) is 9.13 Å². The average Bonchev–Trinajstić information content (AvgIpc) is 3.09. The third kappa shape index (κ3) is 2.37. The number of nitrogens with zero attached hydrogens (tertiary/aromatic N) is 3. The van der Waals surface area contributed by atoms with Crippen LogP contribution >= 0.6 is 0 Å². The van der Waals surface area contributed by atoms with E-state index >= 15 is 0 Å². The van der Waals surface area contributed by atoms with E-state index in [2.05, 4.69) is 6.07 Å². The van der Waals surface area contributed by atoms with E-state index < -0.39 is 0 Å². The minimum absolute atomic E-state index is 0.136. The van der Waals surface area contributed by atoms with Crippen molar-refractivity contribution in [3.8, 4) is 6.07 Å². The molecule has 0 spiro atoms. The Balaban J connectivity index is 2.33. The van der Waals surface area contributed by atoms with Gasteiger partial charge in [-0.15, -0.1) is 0 Å². The normalized spacial score (nSPS) is 16.2. The fourth-order valence-corrected chi connectivity index (χ4v) is 2.18. The second-order valence-corrected chi connectivity index (χ2v) is 5.05. The van der Waals surface area contributed by atoms with E-state index in [-0.39, 0.29) is 16.7 Å². The smallest absolute Gasteiger partial charge is 0.300 e. The molecule has 0 saturated heterocycles. The van der Waals surface area contributed by atoms with Crippen LogP contribution in [0.25, 0.3) is 0 Å². The Labute approximate surface area is 105 Å². The van der Waals surface area contributed by atoms with Crippen LogP contribution in [0.1, 0.15) is 32.6 Å². The first-order chi connectivity index (χ1) is 8.62. The highest BCUT2D eigenvalue weighted by molar-refractivity contribution is 5.00. The number of nitriles is 1. The first-order valence-electron chi connectivity index (χ1n) is 6.29. The fraction of sp³-hybridized carbons (Fsp3) is 0.615. The third-order valence-corrected chi connectivity index (χ3v) is 3.51. The van der Waals surface area contributed by atoms with E-state index in [4.69, 9.17) is 5.26 Å². The standard InChI is InChI=1S/C13H17N3O2/c1-2-8-15-9-3-11(17)16(12(15)18)10-13(4-5-13)6-7-14/h3,9H,2,4-6,8,10H2,1H3. The molecule has 1 heterocycles. The quantitative estimate of drug-likeness (QED) is 0.782. The first kappa shape index (κ1) is 12.6. The number of hydrogen-bond donors (Lipinski definition) is 0. The van der Waals surface area contributed by atoms with E-state index in [1.165, 1.54) is 10.6 Å². The Hall–Kier alpha value is -1.83. The maximum absolute atomic E-state index is 12.1. The lowest BCUT2D eigenvalue weighted by Gasteiger charge is -2.14. The van der Waals surface area contributed by atoms with Crippen LogP contribution in [0.2, 0.25) is 0 Å². The van der Waals surface area contributed by atoms with Gasteiger partial charge in [0, 0.05) is 37.2 Å². The van der Waals surface area contributed by atoms with E-state index in [0.29, 0.717) is 19.5 Å². The molecule has 1 aromatic rings. The molecule has 0 N–H and O–H groups in total. The van der Waals surface area contributed by atoms with Crippen molar-refractivity contribution in [2.24, 2.45) is 5.41 Å². The Morgan fingerprint density at radius 2 is 2.17 bits per heavy atom. The van der Waals surface area contributed by atoms with Crippen LogP contribution in [-0.2, 0) is 13.1 Å². The first-order valence-corrected chi connectivity index (χ1v) is 6.29. The van der Waals surface area contributed by atoms with E-state index in [1.807, 2.05) is 6.92 Å². The predicted molar refractivity (Wildman–Crippen MR) is 67.2 cm³/mol. The Bertz CT molecular complexity index is 587. The minimum atomic E-state index is -0.267. The van der Waals surface area contributed by atoms with Gasteiger partial charge in [-0.05, 0) is 19.3 Å². The van der Waals surface area contributed by atoms with E-state index in [0.717, 1.165) is 19.3 Å². The van der Waals surface area contributed by atoms with Gasteiger partial charge < -0.3 is 4.57 Å². The van der Waals surface area contributed by atoms with Crippen molar-refractivity contribution in [3.63, 3.8) is 0 Å². The predicted octanol–water partition coefficient (Wildman–Crippen LogP) is 1.11. The zero-order chi connectivity index (χ0) is 13.2. The molecule has 96 valence electrons. The van der Waals surface area contributed by atoms with E-state index in [9.17, 15) is 9.59 Å². The van der Waals surface area contributed by atoms with Crippen molar-refractivity contribution >= 4 is 0 Å². The van der Waals surface area contributed by atoms with Crippen LogP contribution in [0.15, 0.2) is 21.9 Å². The average molecular weight is 247 g/mol. The van der Waals surface area contributed by atoms with Crippen LogP contribution < -0.4 is 11.2 Å². The summed E-state index contributed by atoms with van der Waals surface area (Å²) in [5.41, 5.74) is -0.659. The van der Waals surface area contributed by atoms with Gasteiger partial charge in [0.25, 0.3) is 5.56 Å². The fourth-order valence-electron chi connectivity index (χ4n) is 2.18. The van der Waals surface area contributed by atoms with Crippen molar-refractivity contribution in [2.75, 3.05) is 0 Å². The van der Waals surface area contributed by atoms with Gasteiger partial charge in [-0.1, -0.05) is 6.92 Å². The molecule has 2 rings (SSSR count). The van der Waals surface area contributed by atoms with Gasteiger partial charge in [-0.25, -0.2) is 4.79 Å². The lowest BCUT2D eigenvalue weighted by molar-refractivity contribution is 0.399. The summed E-state index contributed by atoms with van der Waals surface area (Å²) in [7, 11) is 0. The van der Waals surface area contributed by atoms with Gasteiger partial charge in [-0.3, -0.25) is 9.36 Å². The van der Waals surface area contributed by atoms with Gasteiger partial charge in [0.1, 0.15) is 0 Å². The zero-order valence-electron chi connectivity index (χ0n) is 10.6. The van der Waals surface area contributed by atoms with Gasteiger partial charge >= 0.3 is 5.69 Å². The van der Waals surface area contributed by atoms with Crippen molar-refractivity contribution in [3.05, 3.63) is 33.1 Å². The minimum Gasteiger partial charge on any atom is -0.300 e. The Morgan fingerprint density at radius 3 is 2.72 bits per heavy atom. The Morgan fingerprint density at radius 1 is 1.44 bits per heavy atom. The number of aromatic nitrogens is 2. The van der Waals surface area contributed by atoms with E-state index in [1.54, 1.807) is 10.8 Å². The summed E-state index contributed by atoms with van der Waals surface area (Å²) in [4.78, 5) is 23.9.